The van der Waals surface area contributed by atoms with Crippen LogP contribution in [0.25, 0.3) is 0 Å². The highest BCUT2D eigenvalue weighted by molar-refractivity contribution is 5.78. The van der Waals surface area contributed by atoms with Gasteiger partial charge < -0.3 is 10.4 Å². The molecule has 0 bridgehead atoms. The third-order valence-corrected chi connectivity index (χ3v) is 3.14. The largest absolute Gasteiger partial charge is 0.388 e. The van der Waals surface area contributed by atoms with Gasteiger partial charge in [0.05, 0.1) is 5.60 Å². The lowest BCUT2D eigenvalue weighted by atomic mass is 9.93. The summed E-state index contributed by atoms with van der Waals surface area (Å²) in [4.78, 5) is 12.0. The van der Waals surface area contributed by atoms with Gasteiger partial charge >= 0.3 is 0 Å². The summed E-state index contributed by atoms with van der Waals surface area (Å²) in [5, 5.41) is 13.1. The molecule has 0 heterocycles. The van der Waals surface area contributed by atoms with Crippen LogP contribution in [0.15, 0.2) is 0 Å². The number of aliphatic hydroxyl groups is 1. The Hall–Kier alpha value is -0.570. The number of rotatable bonds is 9. The zero-order valence-electron chi connectivity index (χ0n) is 12.8. The van der Waals surface area contributed by atoms with Gasteiger partial charge in [-0.1, -0.05) is 40.5 Å². The molecular weight excluding hydrogens is 226 g/mol. The highest BCUT2D eigenvalue weighted by Gasteiger charge is 2.24. The summed E-state index contributed by atoms with van der Waals surface area (Å²) >= 11 is 0. The standard InChI is InChI=1S/C15H31NO2/c1-6-8-13(9-7-2)14(17)16-11-15(5,18)10-12(3)4/h12-13,18H,6-11H2,1-5H3,(H,16,17). The first-order chi connectivity index (χ1) is 8.32. The summed E-state index contributed by atoms with van der Waals surface area (Å²) in [5.74, 6) is 0.636. The Balaban J connectivity index is 4.20. The van der Waals surface area contributed by atoms with Gasteiger partial charge in [0.25, 0.3) is 0 Å². The van der Waals surface area contributed by atoms with Crippen molar-refractivity contribution in [1.82, 2.24) is 5.32 Å². The van der Waals surface area contributed by atoms with Crippen molar-refractivity contribution in [3.8, 4) is 0 Å². The zero-order valence-corrected chi connectivity index (χ0v) is 12.8. The fourth-order valence-electron chi connectivity index (χ4n) is 2.48. The normalized spacial score (nSPS) is 14.9. The number of carbonyl (C=O) groups excluding carboxylic acids is 1. The first-order valence-electron chi connectivity index (χ1n) is 7.32. The van der Waals surface area contributed by atoms with Crippen LogP contribution >= 0.6 is 0 Å². The van der Waals surface area contributed by atoms with Crippen molar-refractivity contribution in [2.75, 3.05) is 6.54 Å². The molecule has 0 aliphatic rings. The summed E-state index contributed by atoms with van der Waals surface area (Å²) in [6, 6.07) is 0. The third kappa shape index (κ3) is 7.70. The van der Waals surface area contributed by atoms with Crippen molar-refractivity contribution >= 4 is 5.91 Å². The maximum absolute atomic E-state index is 12.0. The van der Waals surface area contributed by atoms with Gasteiger partial charge in [-0.3, -0.25) is 4.79 Å². The van der Waals surface area contributed by atoms with Crippen LogP contribution in [0.2, 0.25) is 0 Å². The number of hydrogen-bond donors (Lipinski definition) is 2. The van der Waals surface area contributed by atoms with E-state index in [4.69, 9.17) is 0 Å². The van der Waals surface area contributed by atoms with Crippen LogP contribution in [0.1, 0.15) is 66.7 Å². The number of hydrogen-bond acceptors (Lipinski definition) is 2. The molecule has 18 heavy (non-hydrogen) atoms. The minimum atomic E-state index is -0.799. The molecule has 0 spiro atoms. The molecule has 3 heteroatoms. The Morgan fingerprint density at radius 3 is 2.11 bits per heavy atom. The zero-order chi connectivity index (χ0) is 14.2. The second kappa shape index (κ2) is 8.52. The van der Waals surface area contributed by atoms with Crippen molar-refractivity contribution in [3.63, 3.8) is 0 Å². The predicted molar refractivity (Wildman–Crippen MR) is 76.4 cm³/mol. The molecule has 2 N–H and O–H groups in total. The van der Waals surface area contributed by atoms with E-state index in [0.717, 1.165) is 25.7 Å². The lowest BCUT2D eigenvalue weighted by molar-refractivity contribution is -0.126. The molecular formula is C15H31NO2. The summed E-state index contributed by atoms with van der Waals surface area (Å²) in [7, 11) is 0. The fourth-order valence-corrected chi connectivity index (χ4v) is 2.48. The summed E-state index contributed by atoms with van der Waals surface area (Å²) < 4.78 is 0. The molecule has 0 aliphatic carbocycles. The molecule has 0 fully saturated rings. The molecule has 3 nitrogen and oxygen atoms in total. The van der Waals surface area contributed by atoms with Crippen LogP contribution in [-0.2, 0) is 4.79 Å². The second-order valence-corrected chi connectivity index (χ2v) is 6.09. The molecule has 1 atom stereocenters. The van der Waals surface area contributed by atoms with Crippen molar-refractivity contribution in [1.29, 1.82) is 0 Å². The Bertz CT molecular complexity index is 231. The van der Waals surface area contributed by atoms with E-state index in [1.54, 1.807) is 6.92 Å². The highest BCUT2D eigenvalue weighted by Crippen LogP contribution is 2.17. The first-order valence-corrected chi connectivity index (χ1v) is 7.32. The van der Waals surface area contributed by atoms with E-state index in [0.29, 0.717) is 18.9 Å². The predicted octanol–water partition coefficient (Wildman–Crippen LogP) is 3.12. The maximum atomic E-state index is 12.0. The molecule has 1 unspecified atom stereocenters. The van der Waals surface area contributed by atoms with Gasteiger partial charge in [-0.15, -0.1) is 0 Å². The van der Waals surface area contributed by atoms with Crippen molar-refractivity contribution < 1.29 is 9.90 Å². The van der Waals surface area contributed by atoms with Crippen LogP contribution in [0, 0.1) is 11.8 Å². The van der Waals surface area contributed by atoms with Crippen LogP contribution in [-0.4, -0.2) is 23.2 Å². The summed E-state index contributed by atoms with van der Waals surface area (Å²) in [5.41, 5.74) is -0.799. The Morgan fingerprint density at radius 1 is 1.22 bits per heavy atom. The quantitative estimate of drug-likeness (QED) is 0.667. The SMILES string of the molecule is CCCC(CCC)C(=O)NCC(C)(O)CC(C)C. The second-order valence-electron chi connectivity index (χ2n) is 6.09. The molecule has 0 saturated heterocycles. The maximum Gasteiger partial charge on any atom is 0.223 e. The van der Waals surface area contributed by atoms with Gasteiger partial charge in [0, 0.05) is 12.5 Å². The van der Waals surface area contributed by atoms with E-state index in [2.05, 4.69) is 33.0 Å². The first kappa shape index (κ1) is 17.4. The average molecular weight is 257 g/mol. The van der Waals surface area contributed by atoms with Gasteiger partial charge in [0.2, 0.25) is 5.91 Å². The third-order valence-electron chi connectivity index (χ3n) is 3.14. The Labute approximate surface area is 112 Å². The van der Waals surface area contributed by atoms with Crippen LogP contribution < -0.4 is 5.32 Å². The van der Waals surface area contributed by atoms with Gasteiger partial charge in [0.15, 0.2) is 0 Å². The summed E-state index contributed by atoms with van der Waals surface area (Å²) in [6.07, 6.45) is 4.64. The highest BCUT2D eigenvalue weighted by atomic mass is 16.3. The fraction of sp³-hybridized carbons (Fsp3) is 0.933. The van der Waals surface area contributed by atoms with Crippen LogP contribution in [0.5, 0.6) is 0 Å². The van der Waals surface area contributed by atoms with Crippen molar-refractivity contribution in [2.45, 2.75) is 72.3 Å². The number of amides is 1. The smallest absolute Gasteiger partial charge is 0.223 e. The Morgan fingerprint density at radius 2 is 1.72 bits per heavy atom. The molecule has 0 radical (unpaired) electrons. The lowest BCUT2D eigenvalue weighted by Crippen LogP contribution is -2.43. The minimum absolute atomic E-state index is 0.0998. The van der Waals surface area contributed by atoms with E-state index < -0.39 is 5.60 Å². The van der Waals surface area contributed by atoms with Gasteiger partial charge in [0.1, 0.15) is 0 Å². The van der Waals surface area contributed by atoms with Gasteiger partial charge in [-0.25, -0.2) is 0 Å². The minimum Gasteiger partial charge on any atom is -0.388 e. The molecule has 0 aliphatic heterocycles. The average Bonchev–Trinajstić information content (AvgIpc) is 2.24. The summed E-state index contributed by atoms with van der Waals surface area (Å²) in [6.45, 7) is 10.5. The van der Waals surface area contributed by atoms with Crippen molar-refractivity contribution in [3.05, 3.63) is 0 Å². The number of nitrogens with one attached hydrogen (secondary N) is 1. The molecule has 1 amide bonds. The van der Waals surface area contributed by atoms with Crippen LogP contribution in [0.4, 0.5) is 0 Å². The van der Waals surface area contributed by atoms with E-state index in [9.17, 15) is 9.90 Å². The molecule has 0 aromatic rings. The molecule has 0 saturated carbocycles. The number of carbonyl (C=O) groups is 1. The molecule has 0 rings (SSSR count). The lowest BCUT2D eigenvalue weighted by Gasteiger charge is -2.26. The van der Waals surface area contributed by atoms with Gasteiger partial charge in [-0.05, 0) is 32.1 Å². The van der Waals surface area contributed by atoms with E-state index in [1.165, 1.54) is 0 Å². The van der Waals surface area contributed by atoms with Gasteiger partial charge in [-0.2, -0.15) is 0 Å². The topological polar surface area (TPSA) is 49.3 Å². The van der Waals surface area contributed by atoms with E-state index >= 15 is 0 Å². The monoisotopic (exact) mass is 257 g/mol. The molecule has 108 valence electrons. The van der Waals surface area contributed by atoms with E-state index in [1.807, 2.05) is 0 Å². The van der Waals surface area contributed by atoms with Crippen molar-refractivity contribution in [2.24, 2.45) is 11.8 Å². The van der Waals surface area contributed by atoms with Crippen LogP contribution in [0.3, 0.4) is 0 Å². The Kier molecular flexibility index (Phi) is 8.25. The molecule has 0 aromatic heterocycles. The van der Waals surface area contributed by atoms with E-state index in [-0.39, 0.29) is 11.8 Å². The molecule has 0 aromatic carbocycles.